The van der Waals surface area contributed by atoms with Gasteiger partial charge in [0, 0.05) is 17.8 Å². The Balaban J connectivity index is 1.49. The van der Waals surface area contributed by atoms with Gasteiger partial charge in [0.1, 0.15) is 5.82 Å². The molecule has 2 heterocycles. The number of carbonyl (C=O) groups is 1. The van der Waals surface area contributed by atoms with Crippen molar-refractivity contribution in [3.8, 4) is 0 Å². The van der Waals surface area contributed by atoms with Crippen molar-refractivity contribution in [3.63, 3.8) is 0 Å². The van der Waals surface area contributed by atoms with Gasteiger partial charge in [-0.25, -0.2) is 4.39 Å². The Labute approximate surface area is 128 Å². The summed E-state index contributed by atoms with van der Waals surface area (Å²) in [6, 6.07) is 6.88. The zero-order chi connectivity index (χ0) is 14.8. The number of fused-ring (bicyclic) bond motifs is 2. The van der Waals surface area contributed by atoms with Crippen LogP contribution in [0, 0.1) is 5.82 Å². The molecule has 1 aromatic rings. The van der Waals surface area contributed by atoms with E-state index < -0.39 is 0 Å². The highest BCUT2D eigenvalue weighted by Gasteiger charge is 2.42. The third kappa shape index (κ3) is 3.40. The largest absolute Gasteiger partial charge is 0.393 e. The first-order chi connectivity index (χ1) is 10.1. The number of halogens is 1. The average molecular weight is 309 g/mol. The number of aliphatic hydroxyl groups is 1. The maximum absolute atomic E-state index is 12.8. The molecule has 1 N–H and O–H groups in total. The van der Waals surface area contributed by atoms with Crippen LogP contribution in [0.15, 0.2) is 24.3 Å². The van der Waals surface area contributed by atoms with E-state index in [0.717, 1.165) is 37.0 Å². The maximum atomic E-state index is 12.8. The molecule has 2 aliphatic rings. The number of piperidine rings is 1. The molecule has 0 aromatic heterocycles. The first kappa shape index (κ1) is 14.9. The van der Waals surface area contributed by atoms with Gasteiger partial charge in [-0.15, -0.1) is 11.8 Å². The van der Waals surface area contributed by atoms with Crippen LogP contribution in [-0.4, -0.2) is 39.9 Å². The van der Waals surface area contributed by atoms with E-state index >= 15 is 0 Å². The lowest BCUT2D eigenvalue weighted by Gasteiger charge is -2.37. The van der Waals surface area contributed by atoms with Gasteiger partial charge < -0.3 is 10.0 Å². The molecule has 3 rings (SSSR count). The van der Waals surface area contributed by atoms with Crippen molar-refractivity contribution in [2.75, 3.05) is 5.75 Å². The highest BCUT2D eigenvalue weighted by Crippen LogP contribution is 2.36. The van der Waals surface area contributed by atoms with E-state index in [-0.39, 0.29) is 29.9 Å². The number of hydrogen-bond acceptors (Lipinski definition) is 3. The number of hydrogen-bond donors (Lipinski definition) is 1. The summed E-state index contributed by atoms with van der Waals surface area (Å²) in [6.07, 6.45) is 3.26. The number of rotatable bonds is 4. The third-order valence-corrected chi connectivity index (χ3v) is 5.39. The Kier molecular flexibility index (Phi) is 4.50. The highest BCUT2D eigenvalue weighted by molar-refractivity contribution is 7.99. The van der Waals surface area contributed by atoms with Crippen LogP contribution in [0.4, 0.5) is 4.39 Å². The molecule has 21 heavy (non-hydrogen) atoms. The van der Waals surface area contributed by atoms with E-state index in [1.807, 2.05) is 4.90 Å². The van der Waals surface area contributed by atoms with E-state index in [9.17, 15) is 14.3 Å². The number of aliphatic hydroxyl groups excluding tert-OH is 1. The fraction of sp³-hybridized carbons (Fsp3) is 0.562. The summed E-state index contributed by atoms with van der Waals surface area (Å²) in [5.41, 5.74) is 1.03. The summed E-state index contributed by atoms with van der Waals surface area (Å²) in [6.45, 7) is 0. The van der Waals surface area contributed by atoms with Crippen LogP contribution in [0.1, 0.15) is 31.2 Å². The fourth-order valence-electron chi connectivity index (χ4n) is 3.47. The first-order valence-electron chi connectivity index (χ1n) is 7.45. The predicted molar refractivity (Wildman–Crippen MR) is 81.5 cm³/mol. The van der Waals surface area contributed by atoms with Gasteiger partial charge in [0.05, 0.1) is 11.9 Å². The van der Waals surface area contributed by atoms with E-state index in [1.54, 1.807) is 23.9 Å². The Morgan fingerprint density at radius 2 is 1.86 bits per heavy atom. The molecule has 2 aliphatic heterocycles. The molecule has 3 nitrogen and oxygen atoms in total. The molecule has 0 spiro atoms. The van der Waals surface area contributed by atoms with Crippen LogP contribution in [0.5, 0.6) is 0 Å². The Morgan fingerprint density at radius 3 is 2.48 bits per heavy atom. The number of carbonyl (C=O) groups excluding carboxylic acids is 1. The van der Waals surface area contributed by atoms with Crippen LogP contribution in [0.3, 0.4) is 0 Å². The van der Waals surface area contributed by atoms with Crippen molar-refractivity contribution in [3.05, 3.63) is 35.6 Å². The van der Waals surface area contributed by atoms with Crippen molar-refractivity contribution in [1.82, 2.24) is 4.90 Å². The average Bonchev–Trinajstić information content (AvgIpc) is 2.73. The number of thioether (sulfide) groups is 1. The maximum Gasteiger partial charge on any atom is 0.233 e. The Hall–Kier alpha value is -1.07. The quantitative estimate of drug-likeness (QED) is 0.929. The molecule has 2 bridgehead atoms. The second-order valence-electron chi connectivity index (χ2n) is 5.93. The summed E-state index contributed by atoms with van der Waals surface area (Å²) in [7, 11) is 0. The molecule has 5 heteroatoms. The smallest absolute Gasteiger partial charge is 0.233 e. The predicted octanol–water partition coefficient (Wildman–Crippen LogP) is 2.57. The number of benzene rings is 1. The minimum absolute atomic E-state index is 0.182. The summed E-state index contributed by atoms with van der Waals surface area (Å²) in [5, 5.41) is 9.76. The Bertz CT molecular complexity index is 494. The monoisotopic (exact) mass is 309 g/mol. The van der Waals surface area contributed by atoms with Crippen molar-refractivity contribution in [2.24, 2.45) is 0 Å². The molecule has 2 fully saturated rings. The lowest BCUT2D eigenvalue weighted by Crippen LogP contribution is -2.48. The molecule has 2 saturated heterocycles. The molecule has 0 saturated carbocycles. The molecule has 1 amide bonds. The summed E-state index contributed by atoms with van der Waals surface area (Å²) in [5.74, 6) is 1.13. The number of amides is 1. The fourth-order valence-corrected chi connectivity index (χ4v) is 4.32. The molecule has 2 atom stereocenters. The van der Waals surface area contributed by atoms with Crippen molar-refractivity contribution in [1.29, 1.82) is 0 Å². The van der Waals surface area contributed by atoms with Gasteiger partial charge in [0.25, 0.3) is 0 Å². The lowest BCUT2D eigenvalue weighted by molar-refractivity contribution is -0.134. The minimum Gasteiger partial charge on any atom is -0.393 e. The van der Waals surface area contributed by atoms with Crippen LogP contribution in [0.2, 0.25) is 0 Å². The van der Waals surface area contributed by atoms with E-state index in [4.69, 9.17) is 0 Å². The SMILES string of the molecule is O=C(CSCc1ccc(F)cc1)N1C2CCC1CC(O)C2. The van der Waals surface area contributed by atoms with Crippen LogP contribution in [0.25, 0.3) is 0 Å². The minimum atomic E-state index is -0.238. The second kappa shape index (κ2) is 6.36. The standard InChI is InChI=1S/C16H20FNO2S/c17-12-3-1-11(2-4-12)9-21-10-16(20)18-13-5-6-14(18)8-15(19)7-13/h1-4,13-15,19H,5-10H2. The van der Waals surface area contributed by atoms with Crippen molar-refractivity contribution >= 4 is 17.7 Å². The zero-order valence-electron chi connectivity index (χ0n) is 11.9. The first-order valence-corrected chi connectivity index (χ1v) is 8.60. The molecular weight excluding hydrogens is 289 g/mol. The molecular formula is C16H20FNO2S. The Morgan fingerprint density at radius 1 is 1.24 bits per heavy atom. The molecule has 1 aromatic carbocycles. The van der Waals surface area contributed by atoms with Gasteiger partial charge >= 0.3 is 0 Å². The topological polar surface area (TPSA) is 40.5 Å². The van der Waals surface area contributed by atoms with Crippen molar-refractivity contribution < 1.29 is 14.3 Å². The zero-order valence-corrected chi connectivity index (χ0v) is 12.7. The van der Waals surface area contributed by atoms with Gasteiger partial charge in [0.15, 0.2) is 0 Å². The molecule has 0 aliphatic carbocycles. The van der Waals surface area contributed by atoms with E-state index in [0.29, 0.717) is 5.75 Å². The van der Waals surface area contributed by atoms with Crippen LogP contribution in [-0.2, 0) is 10.5 Å². The van der Waals surface area contributed by atoms with Crippen LogP contribution >= 0.6 is 11.8 Å². The van der Waals surface area contributed by atoms with E-state index in [2.05, 4.69) is 0 Å². The van der Waals surface area contributed by atoms with Crippen molar-refractivity contribution in [2.45, 2.75) is 49.6 Å². The van der Waals surface area contributed by atoms with Gasteiger partial charge in [-0.05, 0) is 43.4 Å². The number of nitrogens with zero attached hydrogens (tertiary/aromatic N) is 1. The highest BCUT2D eigenvalue weighted by atomic mass is 32.2. The summed E-state index contributed by atoms with van der Waals surface area (Å²) >= 11 is 1.57. The van der Waals surface area contributed by atoms with Gasteiger partial charge in [-0.3, -0.25) is 4.79 Å². The second-order valence-corrected chi connectivity index (χ2v) is 6.92. The summed E-state index contributed by atoms with van der Waals surface area (Å²) < 4.78 is 12.8. The molecule has 2 unspecified atom stereocenters. The summed E-state index contributed by atoms with van der Waals surface area (Å²) in [4.78, 5) is 14.4. The third-order valence-electron chi connectivity index (χ3n) is 4.40. The van der Waals surface area contributed by atoms with E-state index in [1.165, 1.54) is 12.1 Å². The molecule has 0 radical (unpaired) electrons. The van der Waals surface area contributed by atoms with Gasteiger partial charge in [-0.1, -0.05) is 12.1 Å². The van der Waals surface area contributed by atoms with Gasteiger partial charge in [-0.2, -0.15) is 0 Å². The molecule has 114 valence electrons. The van der Waals surface area contributed by atoms with Gasteiger partial charge in [0.2, 0.25) is 5.91 Å². The lowest BCUT2D eigenvalue weighted by atomic mass is 10.00. The normalized spacial score (nSPS) is 27.9. The van der Waals surface area contributed by atoms with Crippen LogP contribution < -0.4 is 0 Å².